The molecule has 3 rings (SSSR count). The van der Waals surface area contributed by atoms with Gasteiger partial charge in [-0.25, -0.2) is 0 Å². The molecular weight excluding hydrogens is 400 g/mol. The van der Waals surface area contributed by atoms with Crippen molar-refractivity contribution >= 4 is 5.78 Å². The van der Waals surface area contributed by atoms with Gasteiger partial charge in [0.05, 0.1) is 6.10 Å². The summed E-state index contributed by atoms with van der Waals surface area (Å²) in [5.74, 6) is 0.695. The molecule has 0 amide bonds. The topological polar surface area (TPSA) is 77.8 Å². The molecule has 3 saturated carbocycles. The molecule has 0 heterocycles. The summed E-state index contributed by atoms with van der Waals surface area (Å²) < 4.78 is 0. The van der Waals surface area contributed by atoms with Crippen LogP contribution in [0.1, 0.15) is 91.9 Å². The van der Waals surface area contributed by atoms with E-state index in [1.165, 1.54) is 11.1 Å². The van der Waals surface area contributed by atoms with E-state index in [2.05, 4.69) is 32.6 Å². The van der Waals surface area contributed by atoms with Gasteiger partial charge in [0.1, 0.15) is 5.60 Å². The maximum absolute atomic E-state index is 12.4. The average Bonchev–Trinajstić information content (AvgIpc) is 3.10. The van der Waals surface area contributed by atoms with Crippen LogP contribution in [0, 0.1) is 22.7 Å². The number of fused-ring (bicyclic) bond motifs is 1. The quantitative estimate of drug-likeness (QED) is 0.499. The van der Waals surface area contributed by atoms with E-state index >= 15 is 0 Å². The Hall–Kier alpha value is -1.23. The molecule has 0 spiro atoms. The Bertz CT molecular complexity index is 786. The van der Waals surface area contributed by atoms with Crippen molar-refractivity contribution in [2.75, 3.05) is 6.61 Å². The predicted molar refractivity (Wildman–Crippen MR) is 129 cm³/mol. The van der Waals surface area contributed by atoms with E-state index in [1.54, 1.807) is 13.8 Å². The van der Waals surface area contributed by atoms with Gasteiger partial charge >= 0.3 is 0 Å². The molecule has 1 unspecified atom stereocenters. The number of aliphatic hydroxyl groups excluding tert-OH is 2. The van der Waals surface area contributed by atoms with E-state index in [0.29, 0.717) is 31.1 Å². The molecular formula is C28H44O4. The van der Waals surface area contributed by atoms with Crippen molar-refractivity contribution < 1.29 is 20.1 Å². The van der Waals surface area contributed by atoms with Gasteiger partial charge in [-0.2, -0.15) is 0 Å². The van der Waals surface area contributed by atoms with Crippen LogP contribution in [0.2, 0.25) is 0 Å². The van der Waals surface area contributed by atoms with E-state index < -0.39 is 5.60 Å². The van der Waals surface area contributed by atoms with Crippen molar-refractivity contribution in [1.82, 2.24) is 0 Å². The molecule has 0 aliphatic heterocycles. The number of rotatable bonds is 7. The largest absolute Gasteiger partial charge is 0.396 e. The van der Waals surface area contributed by atoms with Gasteiger partial charge in [-0.05, 0) is 99.9 Å². The van der Waals surface area contributed by atoms with Crippen LogP contribution in [0.5, 0.6) is 0 Å². The molecule has 3 fully saturated rings. The predicted octanol–water partition coefficient (Wildman–Crippen LogP) is 5.28. The minimum Gasteiger partial charge on any atom is -0.396 e. The third-order valence-electron chi connectivity index (χ3n) is 8.96. The molecule has 180 valence electrons. The van der Waals surface area contributed by atoms with Gasteiger partial charge in [-0.3, -0.25) is 4.79 Å². The molecule has 5 atom stereocenters. The summed E-state index contributed by atoms with van der Waals surface area (Å²) in [7, 11) is 0. The molecule has 3 N–H and O–H groups in total. The van der Waals surface area contributed by atoms with Crippen LogP contribution in [0.15, 0.2) is 35.5 Å². The number of hydrogen-bond donors (Lipinski definition) is 3. The monoisotopic (exact) mass is 444 g/mol. The third-order valence-corrected chi connectivity index (χ3v) is 8.96. The fourth-order valence-electron chi connectivity index (χ4n) is 6.85. The summed E-state index contributed by atoms with van der Waals surface area (Å²) in [6.45, 7) is 11.9. The fraction of sp³-hybridized carbons (Fsp3) is 0.750. The lowest BCUT2D eigenvalue weighted by Crippen LogP contribution is -2.44. The van der Waals surface area contributed by atoms with Crippen molar-refractivity contribution in [2.24, 2.45) is 22.7 Å². The smallest absolute Gasteiger partial charge is 0.163 e. The second kappa shape index (κ2) is 9.56. The summed E-state index contributed by atoms with van der Waals surface area (Å²) in [4.78, 5) is 12.4. The van der Waals surface area contributed by atoms with Crippen molar-refractivity contribution in [3.8, 4) is 0 Å². The van der Waals surface area contributed by atoms with Crippen LogP contribution >= 0.6 is 0 Å². The molecule has 3 aliphatic rings. The molecule has 0 saturated heterocycles. The summed E-state index contributed by atoms with van der Waals surface area (Å²) in [6.07, 6.45) is 13.1. The first kappa shape index (κ1) is 25.4. The first-order valence-corrected chi connectivity index (χ1v) is 12.5. The first-order valence-electron chi connectivity index (χ1n) is 12.5. The molecule has 3 aliphatic carbocycles. The number of carbonyl (C=O) groups excluding carboxylic acids is 1. The van der Waals surface area contributed by atoms with Gasteiger partial charge < -0.3 is 15.3 Å². The minimum atomic E-state index is -1.32. The van der Waals surface area contributed by atoms with Gasteiger partial charge in [0.15, 0.2) is 5.78 Å². The van der Waals surface area contributed by atoms with Crippen LogP contribution in [0.25, 0.3) is 0 Å². The Labute approximate surface area is 194 Å². The zero-order chi connectivity index (χ0) is 23.7. The summed E-state index contributed by atoms with van der Waals surface area (Å²) in [6, 6.07) is 0. The lowest BCUT2D eigenvalue weighted by Gasteiger charge is -2.49. The number of allylic oxidation sites excluding steroid dienone is 4. The molecule has 0 bridgehead atoms. The fourth-order valence-corrected chi connectivity index (χ4v) is 6.85. The highest BCUT2D eigenvalue weighted by molar-refractivity contribution is 5.86. The maximum atomic E-state index is 12.4. The highest BCUT2D eigenvalue weighted by Gasteiger charge is 2.55. The van der Waals surface area contributed by atoms with Gasteiger partial charge in [-0.15, -0.1) is 0 Å². The number of aliphatic hydroxyl groups is 3. The molecule has 0 radical (unpaired) electrons. The van der Waals surface area contributed by atoms with E-state index in [9.17, 15) is 20.1 Å². The minimum absolute atomic E-state index is 0.0694. The summed E-state index contributed by atoms with van der Waals surface area (Å²) >= 11 is 0. The zero-order valence-electron chi connectivity index (χ0n) is 20.6. The SMILES string of the molecule is C=C1CC[C@H](O)C/C1=C/C=C1CCC[C@@]2(C)C1CC[C@@H]2[C@@](C)(CO)CCC(=O)C(C)(C)O. The van der Waals surface area contributed by atoms with E-state index in [0.717, 1.165) is 50.5 Å². The van der Waals surface area contributed by atoms with Crippen molar-refractivity contribution in [3.05, 3.63) is 35.5 Å². The second-order valence-electron chi connectivity index (χ2n) is 11.8. The Kier molecular flexibility index (Phi) is 7.59. The summed E-state index contributed by atoms with van der Waals surface area (Å²) in [5.41, 5.74) is 2.30. The van der Waals surface area contributed by atoms with Crippen LogP contribution in [0.4, 0.5) is 0 Å². The van der Waals surface area contributed by atoms with Gasteiger partial charge in [-0.1, -0.05) is 43.7 Å². The van der Waals surface area contributed by atoms with Gasteiger partial charge in [0.2, 0.25) is 0 Å². The Morgan fingerprint density at radius 3 is 2.56 bits per heavy atom. The summed E-state index contributed by atoms with van der Waals surface area (Å²) in [5, 5.41) is 30.5. The van der Waals surface area contributed by atoms with E-state index in [-0.39, 0.29) is 29.3 Å². The number of Topliss-reactive ketones (excluding diaryl/α,β-unsaturated/α-hetero) is 1. The third kappa shape index (κ3) is 5.13. The molecule has 0 aromatic carbocycles. The van der Waals surface area contributed by atoms with Gasteiger partial charge in [0, 0.05) is 13.0 Å². The maximum Gasteiger partial charge on any atom is 0.163 e. The molecule has 32 heavy (non-hydrogen) atoms. The Balaban J connectivity index is 1.79. The Morgan fingerprint density at radius 2 is 1.91 bits per heavy atom. The van der Waals surface area contributed by atoms with Crippen LogP contribution in [-0.4, -0.2) is 39.4 Å². The molecule has 4 heteroatoms. The number of ketones is 1. The van der Waals surface area contributed by atoms with Crippen molar-refractivity contribution in [2.45, 2.75) is 104 Å². The average molecular weight is 445 g/mol. The normalized spacial score (nSPS) is 35.7. The molecule has 0 aromatic rings. The zero-order valence-corrected chi connectivity index (χ0v) is 20.6. The highest BCUT2D eigenvalue weighted by atomic mass is 16.3. The standard InChI is InChI=1S/C28H44O4/c1-19-8-11-22(30)17-21(19)10-9-20-7-6-15-28(5)23(20)12-13-24(28)27(4,18-29)16-14-25(31)26(2,3)32/h9-10,22-24,29-30,32H,1,6-8,11-18H2,2-5H3/b20-9?,21-10-/t22-,23?,24+,27+,28-/m0/s1. The first-order chi connectivity index (χ1) is 14.9. The highest BCUT2D eigenvalue weighted by Crippen LogP contribution is 2.62. The van der Waals surface area contributed by atoms with Crippen LogP contribution in [0.3, 0.4) is 0 Å². The lowest BCUT2D eigenvalue weighted by molar-refractivity contribution is -0.135. The Morgan fingerprint density at radius 1 is 1.19 bits per heavy atom. The van der Waals surface area contributed by atoms with Gasteiger partial charge in [0.25, 0.3) is 0 Å². The lowest BCUT2D eigenvalue weighted by atomic mass is 9.56. The second-order valence-corrected chi connectivity index (χ2v) is 11.8. The number of hydrogen-bond acceptors (Lipinski definition) is 4. The van der Waals surface area contributed by atoms with E-state index in [4.69, 9.17) is 0 Å². The van der Waals surface area contributed by atoms with E-state index in [1.807, 2.05) is 0 Å². The van der Waals surface area contributed by atoms with Crippen LogP contribution < -0.4 is 0 Å². The molecule has 4 nitrogen and oxygen atoms in total. The van der Waals surface area contributed by atoms with Crippen molar-refractivity contribution in [3.63, 3.8) is 0 Å². The molecule has 0 aromatic heterocycles. The number of carbonyl (C=O) groups is 1. The van der Waals surface area contributed by atoms with Crippen molar-refractivity contribution in [1.29, 1.82) is 0 Å². The van der Waals surface area contributed by atoms with Crippen LogP contribution in [-0.2, 0) is 4.79 Å².